The van der Waals surface area contributed by atoms with E-state index in [2.05, 4.69) is 0 Å². The molecule has 0 aromatic heterocycles. The number of nitro benzene ring substituents is 1. The minimum atomic E-state index is -0.527. The number of hydrogen-bond acceptors (Lipinski definition) is 6. The molecule has 0 aliphatic heterocycles. The maximum absolute atomic E-state index is 12.6. The molecule has 3 aromatic carbocycles. The lowest BCUT2D eigenvalue weighted by molar-refractivity contribution is -0.384. The quantitative estimate of drug-likeness (QED) is 0.189. The van der Waals surface area contributed by atoms with Gasteiger partial charge < -0.3 is 4.74 Å². The van der Waals surface area contributed by atoms with Gasteiger partial charge in [-0.2, -0.15) is 0 Å². The number of nitro groups is 1. The molecule has 0 saturated carbocycles. The second-order valence-corrected chi connectivity index (χ2v) is 6.93. The van der Waals surface area contributed by atoms with Crippen LogP contribution < -0.4 is 4.74 Å². The minimum absolute atomic E-state index is 0.00560. The SMILES string of the molecule is CC(=O)c1ccc(OC(=O)c2ccccc2Sc2ccc([N+](=O)[O-])cc2)cc1. The van der Waals surface area contributed by atoms with Crippen LogP contribution in [0.25, 0.3) is 0 Å². The molecule has 0 bridgehead atoms. The molecule has 140 valence electrons. The van der Waals surface area contributed by atoms with E-state index < -0.39 is 10.9 Å². The Morgan fingerprint density at radius 1 is 0.929 bits per heavy atom. The first-order valence-electron chi connectivity index (χ1n) is 8.28. The van der Waals surface area contributed by atoms with Gasteiger partial charge in [0.2, 0.25) is 0 Å². The van der Waals surface area contributed by atoms with Crippen molar-refractivity contribution in [3.05, 3.63) is 94.0 Å². The van der Waals surface area contributed by atoms with E-state index in [4.69, 9.17) is 4.74 Å². The van der Waals surface area contributed by atoms with Gasteiger partial charge in [-0.15, -0.1) is 0 Å². The Balaban J connectivity index is 1.78. The number of ether oxygens (including phenoxy) is 1. The van der Waals surface area contributed by atoms with Gasteiger partial charge in [0.25, 0.3) is 5.69 Å². The van der Waals surface area contributed by atoms with E-state index in [1.807, 2.05) is 0 Å². The zero-order valence-electron chi connectivity index (χ0n) is 14.8. The van der Waals surface area contributed by atoms with Crippen molar-refractivity contribution >= 4 is 29.2 Å². The van der Waals surface area contributed by atoms with Gasteiger partial charge in [-0.1, -0.05) is 23.9 Å². The summed E-state index contributed by atoms with van der Waals surface area (Å²) in [4.78, 5) is 35.7. The smallest absolute Gasteiger partial charge is 0.344 e. The molecule has 3 rings (SSSR count). The van der Waals surface area contributed by atoms with E-state index >= 15 is 0 Å². The fraction of sp³-hybridized carbons (Fsp3) is 0.0476. The number of ketones is 1. The fourth-order valence-corrected chi connectivity index (χ4v) is 3.34. The van der Waals surface area contributed by atoms with Gasteiger partial charge >= 0.3 is 5.97 Å². The van der Waals surface area contributed by atoms with Gasteiger partial charge in [0.1, 0.15) is 5.75 Å². The second-order valence-electron chi connectivity index (χ2n) is 5.82. The van der Waals surface area contributed by atoms with E-state index in [0.717, 1.165) is 4.90 Å². The van der Waals surface area contributed by atoms with Gasteiger partial charge in [0.15, 0.2) is 5.78 Å². The predicted octanol–water partition coefficient (Wildman–Crippen LogP) is 5.17. The molecule has 0 atom stereocenters. The summed E-state index contributed by atoms with van der Waals surface area (Å²) in [5.74, 6) is -0.256. The summed E-state index contributed by atoms with van der Waals surface area (Å²) in [6.07, 6.45) is 0. The van der Waals surface area contributed by atoms with Crippen molar-refractivity contribution in [3.8, 4) is 5.75 Å². The molecule has 28 heavy (non-hydrogen) atoms. The number of esters is 1. The third-order valence-electron chi connectivity index (χ3n) is 3.85. The van der Waals surface area contributed by atoms with E-state index in [-0.39, 0.29) is 11.5 Å². The lowest BCUT2D eigenvalue weighted by atomic mass is 10.1. The largest absolute Gasteiger partial charge is 0.423 e. The van der Waals surface area contributed by atoms with Crippen molar-refractivity contribution in [3.63, 3.8) is 0 Å². The molecule has 0 N–H and O–H groups in total. The summed E-state index contributed by atoms with van der Waals surface area (Å²) in [5, 5.41) is 10.8. The van der Waals surface area contributed by atoms with Crippen molar-refractivity contribution in [2.75, 3.05) is 0 Å². The van der Waals surface area contributed by atoms with Crippen LogP contribution in [0.3, 0.4) is 0 Å². The molecule has 0 saturated heterocycles. The van der Waals surface area contributed by atoms with E-state index in [9.17, 15) is 19.7 Å². The molecule has 0 unspecified atom stereocenters. The summed E-state index contributed by atoms with van der Waals surface area (Å²) in [6.45, 7) is 1.46. The molecular formula is C21H15NO5S. The summed E-state index contributed by atoms with van der Waals surface area (Å²) >= 11 is 1.31. The first kappa shape index (κ1) is 19.3. The van der Waals surface area contributed by atoms with Crippen LogP contribution in [-0.4, -0.2) is 16.7 Å². The highest BCUT2D eigenvalue weighted by Gasteiger charge is 2.15. The van der Waals surface area contributed by atoms with Crippen LogP contribution in [-0.2, 0) is 0 Å². The molecule has 3 aromatic rings. The minimum Gasteiger partial charge on any atom is -0.423 e. The number of rotatable bonds is 6. The van der Waals surface area contributed by atoms with Crippen LogP contribution >= 0.6 is 11.8 Å². The lowest BCUT2D eigenvalue weighted by Gasteiger charge is -2.09. The summed E-state index contributed by atoms with van der Waals surface area (Å²) in [7, 11) is 0. The van der Waals surface area contributed by atoms with Gasteiger partial charge in [-0.3, -0.25) is 14.9 Å². The van der Waals surface area contributed by atoms with E-state index in [1.165, 1.54) is 30.8 Å². The van der Waals surface area contributed by atoms with E-state index in [0.29, 0.717) is 21.8 Å². The topological polar surface area (TPSA) is 86.5 Å². The third-order valence-corrected chi connectivity index (χ3v) is 4.94. The van der Waals surface area contributed by atoms with Crippen molar-refractivity contribution in [1.82, 2.24) is 0 Å². The van der Waals surface area contributed by atoms with Crippen molar-refractivity contribution < 1.29 is 19.2 Å². The van der Waals surface area contributed by atoms with Crippen molar-refractivity contribution in [1.29, 1.82) is 0 Å². The molecule has 0 fully saturated rings. The van der Waals surface area contributed by atoms with Gasteiger partial charge in [-0.25, -0.2) is 4.79 Å². The number of carbonyl (C=O) groups excluding carboxylic acids is 2. The summed E-state index contributed by atoms with van der Waals surface area (Å²) in [6, 6.07) is 19.4. The van der Waals surface area contributed by atoms with Crippen molar-refractivity contribution in [2.45, 2.75) is 16.7 Å². The molecule has 0 amide bonds. The number of Topliss-reactive ketones (excluding diaryl/α,β-unsaturated/α-hetero) is 1. The number of non-ortho nitro benzene ring substituents is 1. The maximum Gasteiger partial charge on any atom is 0.344 e. The van der Waals surface area contributed by atoms with Crippen LogP contribution in [0.2, 0.25) is 0 Å². The fourth-order valence-electron chi connectivity index (χ4n) is 2.41. The maximum atomic E-state index is 12.6. The van der Waals surface area contributed by atoms with Crippen molar-refractivity contribution in [2.24, 2.45) is 0 Å². The van der Waals surface area contributed by atoms with Crippen LogP contribution in [0, 0.1) is 10.1 Å². The first-order valence-corrected chi connectivity index (χ1v) is 9.10. The number of benzene rings is 3. The Labute approximate surface area is 165 Å². The van der Waals surface area contributed by atoms with Crippen LogP contribution in [0.1, 0.15) is 27.6 Å². The molecule has 0 spiro atoms. The normalized spacial score (nSPS) is 10.3. The average molecular weight is 393 g/mol. The van der Waals surface area contributed by atoms with Crippen LogP contribution in [0.5, 0.6) is 5.75 Å². The third kappa shape index (κ3) is 4.63. The molecule has 0 heterocycles. The van der Waals surface area contributed by atoms with Gasteiger partial charge in [0.05, 0.1) is 10.5 Å². The number of carbonyl (C=O) groups is 2. The van der Waals surface area contributed by atoms with Gasteiger partial charge in [0, 0.05) is 27.5 Å². The predicted molar refractivity (Wildman–Crippen MR) is 105 cm³/mol. The Bertz CT molecular complexity index is 1030. The Morgan fingerprint density at radius 3 is 2.18 bits per heavy atom. The molecule has 6 nitrogen and oxygen atoms in total. The lowest BCUT2D eigenvalue weighted by Crippen LogP contribution is -2.09. The second kappa shape index (κ2) is 8.49. The highest BCUT2D eigenvalue weighted by atomic mass is 32.2. The zero-order chi connectivity index (χ0) is 20.1. The highest BCUT2D eigenvalue weighted by molar-refractivity contribution is 7.99. The van der Waals surface area contributed by atoms with E-state index in [1.54, 1.807) is 60.7 Å². The monoisotopic (exact) mass is 393 g/mol. The molecule has 0 radical (unpaired) electrons. The Kier molecular flexibility index (Phi) is 5.86. The first-order chi connectivity index (χ1) is 13.4. The number of hydrogen-bond donors (Lipinski definition) is 0. The average Bonchev–Trinajstić information content (AvgIpc) is 2.69. The molecular weight excluding hydrogens is 378 g/mol. The van der Waals surface area contributed by atoms with Crippen LogP contribution in [0.4, 0.5) is 5.69 Å². The Morgan fingerprint density at radius 2 is 1.57 bits per heavy atom. The summed E-state index contributed by atoms with van der Waals surface area (Å²) < 4.78 is 5.41. The summed E-state index contributed by atoms with van der Waals surface area (Å²) in [5.41, 5.74) is 0.918. The van der Waals surface area contributed by atoms with Gasteiger partial charge in [-0.05, 0) is 55.5 Å². The van der Waals surface area contributed by atoms with Crippen LogP contribution in [0.15, 0.2) is 82.6 Å². The number of nitrogens with zero attached hydrogens (tertiary/aromatic N) is 1. The zero-order valence-corrected chi connectivity index (χ0v) is 15.6. The molecule has 7 heteroatoms. The highest BCUT2D eigenvalue weighted by Crippen LogP contribution is 2.32. The molecule has 0 aliphatic rings. The Hall–Kier alpha value is -3.45. The standard InChI is InChI=1S/C21H15NO5S/c1-14(23)15-6-10-17(11-7-15)27-21(24)19-4-2-3-5-20(19)28-18-12-8-16(9-13-18)22(25)26/h2-13H,1H3. The molecule has 0 aliphatic carbocycles.